The topological polar surface area (TPSA) is 84.6 Å². The smallest absolute Gasteiger partial charge is 0.406 e. The van der Waals surface area contributed by atoms with Crippen LogP contribution in [-0.4, -0.2) is 50.7 Å². The molecule has 1 saturated heterocycles. The highest BCUT2D eigenvalue weighted by atomic mass is 32.2. The van der Waals surface area contributed by atoms with Crippen LogP contribution >= 0.6 is 11.8 Å². The Labute approximate surface area is 264 Å². The first-order valence-corrected chi connectivity index (χ1v) is 15.8. The van der Waals surface area contributed by atoms with Crippen LogP contribution in [0.25, 0.3) is 17.1 Å². The number of hydrogen-bond donors (Lipinski definition) is 1. The van der Waals surface area contributed by atoms with Gasteiger partial charge in [-0.3, -0.25) is 0 Å². The minimum Gasteiger partial charge on any atom is -0.406 e. The number of amides is 2. The summed E-state index contributed by atoms with van der Waals surface area (Å²) in [6, 6.07) is 21.5. The summed E-state index contributed by atoms with van der Waals surface area (Å²) in [6.45, 7) is 7.03. The summed E-state index contributed by atoms with van der Waals surface area (Å²) < 4.78 is 42.6. The maximum Gasteiger partial charge on any atom is 0.573 e. The SMILES string of the molecule is CC(C)c1ccccc1N1C(=NC(=O)NCCCc2ccc(-c3ncn(-c4ccc(OC(F)(F)F)cc4)n3)cc2)SCCC1C. The molecule has 8 nitrogen and oxygen atoms in total. The molecule has 0 spiro atoms. The van der Waals surface area contributed by atoms with Crippen molar-refractivity contribution in [2.75, 3.05) is 17.2 Å². The molecular formula is C33H35F3N6O2S. The monoisotopic (exact) mass is 636 g/mol. The number of para-hydroxylation sites is 1. The van der Waals surface area contributed by atoms with Crippen LogP contribution in [0, 0.1) is 0 Å². The molecule has 1 aromatic heterocycles. The van der Waals surface area contributed by atoms with Crippen molar-refractivity contribution in [1.82, 2.24) is 20.1 Å². The van der Waals surface area contributed by atoms with E-state index in [1.807, 2.05) is 36.4 Å². The second-order valence-electron chi connectivity index (χ2n) is 11.1. The number of ether oxygens (including phenoxy) is 1. The first-order chi connectivity index (χ1) is 21.6. The number of aliphatic imine (C=N–C) groups is 1. The zero-order chi connectivity index (χ0) is 32.0. The fraction of sp³-hybridized carbons (Fsp3) is 0.333. The first-order valence-electron chi connectivity index (χ1n) is 14.8. The summed E-state index contributed by atoms with van der Waals surface area (Å²) in [5.74, 6) is 1.47. The molecule has 1 aliphatic rings. The molecule has 1 atom stereocenters. The lowest BCUT2D eigenvalue weighted by atomic mass is 9.99. The van der Waals surface area contributed by atoms with Gasteiger partial charge in [-0.25, -0.2) is 14.5 Å². The number of nitrogens with one attached hydrogen (secondary N) is 1. The Morgan fingerprint density at radius 2 is 1.82 bits per heavy atom. The number of halogens is 3. The standard InChI is InChI=1S/C33H35F3N6O2S/c1-22(2)28-8-4-5-9-29(28)42-23(3)18-20-45-32(42)39-31(43)37-19-6-7-24-10-12-25(13-11-24)30-38-21-41(40-30)26-14-16-27(17-15-26)44-33(34,35)36/h4-5,8-17,21-23H,6-7,18-20H2,1-3H3,(H,37,43). The fourth-order valence-electron chi connectivity index (χ4n) is 5.08. The average molecular weight is 637 g/mol. The van der Waals surface area contributed by atoms with Gasteiger partial charge in [0.25, 0.3) is 0 Å². The van der Waals surface area contributed by atoms with Crippen molar-refractivity contribution in [3.05, 3.63) is 90.3 Å². The summed E-state index contributed by atoms with van der Waals surface area (Å²) in [5.41, 5.74) is 4.81. The number of aryl methyl sites for hydroxylation is 1. The number of carbonyl (C=O) groups is 1. The fourth-order valence-corrected chi connectivity index (χ4v) is 6.29. The summed E-state index contributed by atoms with van der Waals surface area (Å²) in [5, 5.41) is 8.12. The van der Waals surface area contributed by atoms with Crippen molar-refractivity contribution in [1.29, 1.82) is 0 Å². The summed E-state index contributed by atoms with van der Waals surface area (Å²) >= 11 is 1.62. The first kappa shape index (κ1) is 32.1. The number of benzene rings is 3. The predicted molar refractivity (Wildman–Crippen MR) is 172 cm³/mol. The number of hydrogen-bond acceptors (Lipinski definition) is 5. The molecular weight excluding hydrogens is 601 g/mol. The van der Waals surface area contributed by atoms with E-state index in [4.69, 9.17) is 0 Å². The van der Waals surface area contributed by atoms with E-state index in [1.165, 1.54) is 40.8 Å². The lowest BCUT2D eigenvalue weighted by Gasteiger charge is -2.37. The number of alkyl halides is 3. The molecule has 0 saturated carbocycles. The second-order valence-corrected chi connectivity index (χ2v) is 12.1. The quantitative estimate of drug-likeness (QED) is 0.188. The van der Waals surface area contributed by atoms with Gasteiger partial charge in [0.15, 0.2) is 11.0 Å². The van der Waals surface area contributed by atoms with Gasteiger partial charge in [0.05, 0.1) is 5.69 Å². The third-order valence-corrected chi connectivity index (χ3v) is 8.37. The van der Waals surface area contributed by atoms with Crippen LogP contribution in [0.1, 0.15) is 50.7 Å². The number of urea groups is 1. The molecule has 5 rings (SSSR count). The highest BCUT2D eigenvalue weighted by molar-refractivity contribution is 8.14. The molecule has 0 aliphatic carbocycles. The molecule has 0 bridgehead atoms. The zero-order valence-electron chi connectivity index (χ0n) is 25.3. The molecule has 2 heterocycles. The predicted octanol–water partition coefficient (Wildman–Crippen LogP) is 7.99. The Bertz CT molecular complexity index is 1620. The molecule has 236 valence electrons. The molecule has 12 heteroatoms. The van der Waals surface area contributed by atoms with Gasteiger partial charge in [0, 0.05) is 29.6 Å². The van der Waals surface area contributed by atoms with E-state index >= 15 is 0 Å². The van der Waals surface area contributed by atoms with Gasteiger partial charge in [-0.15, -0.1) is 18.3 Å². The van der Waals surface area contributed by atoms with Gasteiger partial charge in [-0.2, -0.15) is 4.99 Å². The Hall–Kier alpha value is -4.32. The van der Waals surface area contributed by atoms with Gasteiger partial charge < -0.3 is 15.0 Å². The third-order valence-electron chi connectivity index (χ3n) is 7.39. The van der Waals surface area contributed by atoms with Crippen LogP contribution in [0.4, 0.5) is 23.7 Å². The van der Waals surface area contributed by atoms with Crippen molar-refractivity contribution in [2.45, 2.75) is 58.4 Å². The van der Waals surface area contributed by atoms with Gasteiger partial charge in [0.1, 0.15) is 12.1 Å². The average Bonchev–Trinajstić information content (AvgIpc) is 3.50. The molecule has 1 fully saturated rings. The maximum absolute atomic E-state index is 12.8. The maximum atomic E-state index is 12.8. The number of thioether (sulfide) groups is 1. The highest BCUT2D eigenvalue weighted by Gasteiger charge is 2.31. The Kier molecular flexibility index (Phi) is 10.1. The lowest BCUT2D eigenvalue weighted by molar-refractivity contribution is -0.274. The van der Waals surface area contributed by atoms with Crippen LogP contribution in [0.15, 0.2) is 84.1 Å². The van der Waals surface area contributed by atoms with E-state index < -0.39 is 6.36 Å². The van der Waals surface area contributed by atoms with Crippen LogP contribution in [-0.2, 0) is 6.42 Å². The van der Waals surface area contributed by atoms with Gasteiger partial charge in [0.2, 0.25) is 0 Å². The number of nitrogens with zero attached hydrogens (tertiary/aromatic N) is 5. The van der Waals surface area contributed by atoms with E-state index in [0.717, 1.165) is 47.0 Å². The van der Waals surface area contributed by atoms with E-state index in [0.29, 0.717) is 24.0 Å². The van der Waals surface area contributed by atoms with Crippen LogP contribution < -0.4 is 15.0 Å². The summed E-state index contributed by atoms with van der Waals surface area (Å²) in [6.07, 6.45) is -0.700. The van der Waals surface area contributed by atoms with Gasteiger partial charge >= 0.3 is 12.4 Å². The highest BCUT2D eigenvalue weighted by Crippen LogP contribution is 2.34. The molecule has 2 amide bonds. The molecule has 0 radical (unpaired) electrons. The van der Waals surface area contributed by atoms with Crippen molar-refractivity contribution >= 4 is 28.6 Å². The number of carbonyl (C=O) groups excluding carboxylic acids is 1. The molecule has 1 aliphatic heterocycles. The zero-order valence-corrected chi connectivity index (χ0v) is 26.1. The Morgan fingerprint density at radius 1 is 1.09 bits per heavy atom. The third kappa shape index (κ3) is 8.44. The normalized spacial score (nSPS) is 16.3. The number of aromatic nitrogens is 3. The minimum absolute atomic E-state index is 0.248. The van der Waals surface area contributed by atoms with E-state index in [-0.39, 0.29) is 17.8 Å². The number of rotatable bonds is 9. The lowest BCUT2D eigenvalue weighted by Crippen LogP contribution is -2.42. The number of amidine groups is 1. The van der Waals surface area contributed by atoms with E-state index in [9.17, 15) is 18.0 Å². The van der Waals surface area contributed by atoms with Gasteiger partial charge in [-0.1, -0.05) is 68.1 Å². The number of anilines is 1. The van der Waals surface area contributed by atoms with E-state index in [2.05, 4.69) is 62.9 Å². The minimum atomic E-state index is -4.74. The summed E-state index contributed by atoms with van der Waals surface area (Å²) in [4.78, 5) is 23.8. The second kappa shape index (κ2) is 14.2. The van der Waals surface area contributed by atoms with Crippen LogP contribution in [0.3, 0.4) is 0 Å². The molecule has 4 aromatic rings. The van der Waals surface area contributed by atoms with Crippen LogP contribution in [0.5, 0.6) is 5.75 Å². The van der Waals surface area contributed by atoms with E-state index in [1.54, 1.807) is 11.8 Å². The van der Waals surface area contributed by atoms with Crippen molar-refractivity contribution in [3.63, 3.8) is 0 Å². The molecule has 3 aromatic carbocycles. The molecule has 45 heavy (non-hydrogen) atoms. The van der Waals surface area contributed by atoms with Crippen molar-refractivity contribution in [2.24, 2.45) is 4.99 Å². The summed E-state index contributed by atoms with van der Waals surface area (Å²) in [7, 11) is 0. The van der Waals surface area contributed by atoms with Crippen molar-refractivity contribution in [3.8, 4) is 22.8 Å². The Morgan fingerprint density at radius 3 is 2.53 bits per heavy atom. The van der Waals surface area contributed by atoms with Crippen LogP contribution in [0.2, 0.25) is 0 Å². The molecule has 1 N–H and O–H groups in total. The molecule has 1 unspecified atom stereocenters. The van der Waals surface area contributed by atoms with Crippen molar-refractivity contribution < 1.29 is 22.7 Å². The largest absolute Gasteiger partial charge is 0.573 e. The Balaban J connectivity index is 1.13. The van der Waals surface area contributed by atoms with Gasteiger partial charge in [-0.05, 0) is 73.6 Å².